The Morgan fingerprint density at radius 3 is 2.17 bits per heavy atom. The topological polar surface area (TPSA) is 79.0 Å². The van der Waals surface area contributed by atoms with Crippen LogP contribution in [0.1, 0.15) is 40.9 Å². The third-order valence-electron chi connectivity index (χ3n) is 5.64. The molecule has 0 aliphatic rings. The van der Waals surface area contributed by atoms with Gasteiger partial charge in [-0.3, -0.25) is 9.10 Å². The summed E-state index contributed by atoms with van der Waals surface area (Å²) in [6.07, 6.45) is 0.705. The first-order valence-electron chi connectivity index (χ1n) is 11.2. The number of hydrogen-bond donors (Lipinski definition) is 1. The van der Waals surface area contributed by atoms with Crippen molar-refractivity contribution in [2.24, 2.45) is 0 Å². The summed E-state index contributed by atoms with van der Waals surface area (Å²) >= 11 is 0. The van der Waals surface area contributed by atoms with Crippen LogP contribution in [-0.4, -0.2) is 39.8 Å². The van der Waals surface area contributed by atoms with Crippen molar-refractivity contribution in [3.63, 3.8) is 0 Å². The fourth-order valence-corrected chi connectivity index (χ4v) is 4.67. The molecule has 1 amide bonds. The molecule has 7 nitrogen and oxygen atoms in total. The molecule has 0 radical (unpaired) electrons. The number of anilines is 1. The predicted octanol–water partition coefficient (Wildman–Crippen LogP) is 4.53. The zero-order chi connectivity index (χ0) is 25.6. The third-order valence-corrected chi connectivity index (χ3v) is 7.44. The van der Waals surface area contributed by atoms with Gasteiger partial charge in [-0.2, -0.15) is 12.7 Å². The van der Waals surface area contributed by atoms with Gasteiger partial charge < -0.3 is 10.1 Å². The van der Waals surface area contributed by atoms with Crippen molar-refractivity contribution in [1.82, 2.24) is 9.62 Å². The number of para-hydroxylation sites is 1. The first-order chi connectivity index (χ1) is 16.7. The SMILES string of the molecule is CC[C@H](NC(=O)c1ccc(CN(c2ccccc2F)S(=O)(=O)N(C)C)cc1)c1ccc(OC)cc1. The largest absolute Gasteiger partial charge is 0.497 e. The van der Waals surface area contributed by atoms with Crippen molar-refractivity contribution in [3.05, 3.63) is 95.3 Å². The molecule has 0 aliphatic carbocycles. The lowest BCUT2D eigenvalue weighted by Crippen LogP contribution is -2.40. The Labute approximate surface area is 206 Å². The van der Waals surface area contributed by atoms with Crippen LogP contribution in [0.5, 0.6) is 5.75 Å². The molecule has 0 fully saturated rings. The second-order valence-electron chi connectivity index (χ2n) is 8.15. The van der Waals surface area contributed by atoms with Crippen LogP contribution in [0, 0.1) is 5.82 Å². The first-order valence-corrected chi connectivity index (χ1v) is 12.6. The second kappa shape index (κ2) is 11.3. The number of carbonyl (C=O) groups is 1. The highest BCUT2D eigenvalue weighted by atomic mass is 32.2. The van der Waals surface area contributed by atoms with Gasteiger partial charge in [0.15, 0.2) is 0 Å². The smallest absolute Gasteiger partial charge is 0.303 e. The highest BCUT2D eigenvalue weighted by molar-refractivity contribution is 7.90. The number of carbonyl (C=O) groups excluding carboxylic acids is 1. The molecule has 0 aromatic heterocycles. The summed E-state index contributed by atoms with van der Waals surface area (Å²) in [6, 6.07) is 19.7. The van der Waals surface area contributed by atoms with Crippen LogP contribution >= 0.6 is 0 Å². The van der Waals surface area contributed by atoms with E-state index in [1.54, 1.807) is 37.4 Å². The van der Waals surface area contributed by atoms with E-state index in [4.69, 9.17) is 4.74 Å². The molecule has 0 spiro atoms. The molecule has 1 N–H and O–H groups in total. The van der Waals surface area contributed by atoms with E-state index in [0.717, 1.165) is 19.9 Å². The zero-order valence-electron chi connectivity index (χ0n) is 20.2. The lowest BCUT2D eigenvalue weighted by atomic mass is 10.0. The molecule has 0 aliphatic heterocycles. The summed E-state index contributed by atoms with van der Waals surface area (Å²) in [7, 11) is 0.430. The van der Waals surface area contributed by atoms with Gasteiger partial charge in [0.2, 0.25) is 0 Å². The number of rotatable bonds is 10. The Kier molecular flexibility index (Phi) is 8.48. The summed E-state index contributed by atoms with van der Waals surface area (Å²) in [5.41, 5.74) is 1.96. The van der Waals surface area contributed by atoms with Crippen molar-refractivity contribution in [2.75, 3.05) is 25.5 Å². The van der Waals surface area contributed by atoms with Crippen LogP contribution in [0.15, 0.2) is 72.8 Å². The maximum atomic E-state index is 14.5. The molecule has 0 saturated heterocycles. The van der Waals surface area contributed by atoms with Gasteiger partial charge in [-0.25, -0.2) is 4.39 Å². The van der Waals surface area contributed by atoms with E-state index in [1.807, 2.05) is 31.2 Å². The predicted molar refractivity (Wildman–Crippen MR) is 135 cm³/mol. The summed E-state index contributed by atoms with van der Waals surface area (Å²) in [5.74, 6) is -0.143. The van der Waals surface area contributed by atoms with Gasteiger partial charge in [-0.05, 0) is 53.9 Å². The average molecular weight is 500 g/mol. The van der Waals surface area contributed by atoms with Gasteiger partial charge in [0.1, 0.15) is 11.6 Å². The van der Waals surface area contributed by atoms with Crippen molar-refractivity contribution < 1.29 is 22.3 Å². The number of halogens is 1. The molecule has 0 unspecified atom stereocenters. The fraction of sp³-hybridized carbons (Fsp3) is 0.269. The van der Waals surface area contributed by atoms with Crippen LogP contribution < -0.4 is 14.4 Å². The number of nitrogens with zero attached hydrogens (tertiary/aromatic N) is 2. The van der Waals surface area contributed by atoms with Gasteiger partial charge in [-0.15, -0.1) is 0 Å². The number of ether oxygens (including phenoxy) is 1. The molecule has 3 rings (SSSR count). The minimum atomic E-state index is -3.96. The fourth-order valence-electron chi connectivity index (χ4n) is 3.57. The lowest BCUT2D eigenvalue weighted by Gasteiger charge is -2.27. The van der Waals surface area contributed by atoms with E-state index in [1.165, 1.54) is 32.3 Å². The molecule has 9 heteroatoms. The average Bonchev–Trinajstić information content (AvgIpc) is 2.86. The lowest BCUT2D eigenvalue weighted by molar-refractivity contribution is 0.0935. The molecule has 0 saturated carbocycles. The van der Waals surface area contributed by atoms with E-state index < -0.39 is 16.0 Å². The van der Waals surface area contributed by atoms with Crippen molar-refractivity contribution in [3.8, 4) is 5.75 Å². The third kappa shape index (κ3) is 6.17. The summed E-state index contributed by atoms with van der Waals surface area (Å²) in [5, 5.41) is 3.03. The van der Waals surface area contributed by atoms with Gasteiger partial charge in [-0.1, -0.05) is 43.3 Å². The van der Waals surface area contributed by atoms with Crippen LogP contribution in [0.2, 0.25) is 0 Å². The molecule has 186 valence electrons. The van der Waals surface area contributed by atoms with E-state index in [2.05, 4.69) is 5.32 Å². The first kappa shape index (κ1) is 26.2. The highest BCUT2D eigenvalue weighted by Gasteiger charge is 2.27. The molecular formula is C26H30FN3O4S. The van der Waals surface area contributed by atoms with Gasteiger partial charge >= 0.3 is 10.2 Å². The van der Waals surface area contributed by atoms with Crippen molar-refractivity contribution in [1.29, 1.82) is 0 Å². The molecule has 35 heavy (non-hydrogen) atoms. The van der Waals surface area contributed by atoms with Gasteiger partial charge in [0.25, 0.3) is 5.91 Å². The quantitative estimate of drug-likeness (QED) is 0.445. The van der Waals surface area contributed by atoms with Gasteiger partial charge in [0.05, 0.1) is 25.4 Å². The molecule has 0 heterocycles. The van der Waals surface area contributed by atoms with E-state index in [9.17, 15) is 17.6 Å². The number of amides is 1. The molecule has 1 atom stereocenters. The number of methoxy groups -OCH3 is 1. The minimum Gasteiger partial charge on any atom is -0.497 e. The minimum absolute atomic E-state index is 0.0479. The zero-order valence-corrected chi connectivity index (χ0v) is 21.0. The van der Waals surface area contributed by atoms with Crippen LogP contribution in [0.4, 0.5) is 10.1 Å². The Morgan fingerprint density at radius 1 is 1.00 bits per heavy atom. The summed E-state index contributed by atoms with van der Waals surface area (Å²) < 4.78 is 47.5. The Morgan fingerprint density at radius 2 is 1.63 bits per heavy atom. The van der Waals surface area contributed by atoms with Crippen LogP contribution in [0.25, 0.3) is 0 Å². The molecule has 3 aromatic carbocycles. The van der Waals surface area contributed by atoms with Crippen molar-refractivity contribution in [2.45, 2.75) is 25.9 Å². The monoisotopic (exact) mass is 499 g/mol. The summed E-state index contributed by atoms with van der Waals surface area (Å²) in [6.45, 7) is 1.90. The van der Waals surface area contributed by atoms with E-state index in [0.29, 0.717) is 17.5 Å². The van der Waals surface area contributed by atoms with E-state index in [-0.39, 0.29) is 24.2 Å². The molecular weight excluding hydrogens is 469 g/mol. The van der Waals surface area contributed by atoms with Gasteiger partial charge in [0, 0.05) is 19.7 Å². The number of nitrogens with one attached hydrogen (secondary N) is 1. The van der Waals surface area contributed by atoms with Crippen LogP contribution in [0.3, 0.4) is 0 Å². The maximum Gasteiger partial charge on any atom is 0.303 e. The number of hydrogen-bond acceptors (Lipinski definition) is 4. The second-order valence-corrected chi connectivity index (χ2v) is 10.2. The Hall–Kier alpha value is -3.43. The normalized spacial score (nSPS) is 12.3. The highest BCUT2D eigenvalue weighted by Crippen LogP contribution is 2.26. The van der Waals surface area contributed by atoms with E-state index >= 15 is 0 Å². The van der Waals surface area contributed by atoms with Crippen LogP contribution in [-0.2, 0) is 16.8 Å². The van der Waals surface area contributed by atoms with Crippen molar-refractivity contribution >= 4 is 21.8 Å². The Balaban J connectivity index is 1.78. The maximum absolute atomic E-state index is 14.5. The molecule has 0 bridgehead atoms. The summed E-state index contributed by atoms with van der Waals surface area (Å²) in [4.78, 5) is 12.9. The molecule has 3 aromatic rings. The standard InChI is InChI=1S/C26H30FN3O4S/c1-5-24(20-14-16-22(34-4)17-15-20)28-26(31)21-12-10-19(11-13-21)18-30(35(32,33)29(2)3)25-9-7-6-8-23(25)27/h6-17,24H,5,18H2,1-4H3,(H,28,31)/t24-/m0/s1. The number of benzene rings is 3. The Bertz CT molecular complexity index is 1250.